The van der Waals surface area contributed by atoms with Gasteiger partial charge in [-0.2, -0.15) is 0 Å². The summed E-state index contributed by atoms with van der Waals surface area (Å²) in [5.41, 5.74) is 5.73. The van der Waals surface area contributed by atoms with Gasteiger partial charge < -0.3 is 20.9 Å². The molecule has 1 rings (SSSR count). The van der Waals surface area contributed by atoms with Gasteiger partial charge in [-0.05, 0) is 37.1 Å². The van der Waals surface area contributed by atoms with Gasteiger partial charge in [-0.15, -0.1) is 0 Å². The molecule has 112 valence electrons. The van der Waals surface area contributed by atoms with Crippen molar-refractivity contribution in [1.29, 1.82) is 0 Å². The van der Waals surface area contributed by atoms with Crippen LogP contribution in [0, 0.1) is 0 Å². The first-order valence-corrected chi connectivity index (χ1v) is 6.95. The Labute approximate surface area is 120 Å². The number of rotatable bonds is 8. The first kappa shape index (κ1) is 16.3. The third-order valence-electron chi connectivity index (χ3n) is 3.54. The van der Waals surface area contributed by atoms with Crippen LogP contribution < -0.4 is 15.8 Å². The van der Waals surface area contributed by atoms with E-state index in [9.17, 15) is 9.90 Å². The van der Waals surface area contributed by atoms with Crippen molar-refractivity contribution in [3.63, 3.8) is 0 Å². The molecule has 4 N–H and O–H groups in total. The summed E-state index contributed by atoms with van der Waals surface area (Å²) in [4.78, 5) is 11.9. The molecule has 5 heteroatoms. The monoisotopic (exact) mass is 280 g/mol. The van der Waals surface area contributed by atoms with Crippen LogP contribution in [-0.4, -0.2) is 29.8 Å². The maximum Gasteiger partial charge on any atom is 0.223 e. The third kappa shape index (κ3) is 4.74. The number of benzene rings is 1. The zero-order chi connectivity index (χ0) is 15.0. The van der Waals surface area contributed by atoms with Crippen molar-refractivity contribution in [2.45, 2.75) is 38.6 Å². The zero-order valence-corrected chi connectivity index (χ0v) is 12.2. The highest BCUT2D eigenvalue weighted by Crippen LogP contribution is 2.15. The molecule has 0 spiro atoms. The van der Waals surface area contributed by atoms with Gasteiger partial charge >= 0.3 is 0 Å². The number of hydrogen-bond acceptors (Lipinski definition) is 4. The fourth-order valence-electron chi connectivity index (χ4n) is 1.87. The smallest absolute Gasteiger partial charge is 0.223 e. The summed E-state index contributed by atoms with van der Waals surface area (Å²) < 4.78 is 5.47. The van der Waals surface area contributed by atoms with E-state index in [1.807, 2.05) is 13.8 Å². The number of anilines is 1. The lowest BCUT2D eigenvalue weighted by Gasteiger charge is -2.30. The van der Waals surface area contributed by atoms with E-state index in [-0.39, 0.29) is 18.9 Å². The van der Waals surface area contributed by atoms with Crippen molar-refractivity contribution < 1.29 is 14.6 Å². The van der Waals surface area contributed by atoms with Crippen LogP contribution in [0.4, 0.5) is 5.69 Å². The molecule has 0 aliphatic heterocycles. The highest BCUT2D eigenvalue weighted by molar-refractivity contribution is 5.76. The predicted molar refractivity (Wildman–Crippen MR) is 79.5 cm³/mol. The lowest BCUT2D eigenvalue weighted by atomic mass is 9.94. The van der Waals surface area contributed by atoms with Crippen molar-refractivity contribution in [2.24, 2.45) is 0 Å². The molecule has 0 radical (unpaired) electrons. The Bertz CT molecular complexity index is 405. The van der Waals surface area contributed by atoms with Gasteiger partial charge in [0.15, 0.2) is 0 Å². The Morgan fingerprint density at radius 2 is 1.90 bits per heavy atom. The lowest BCUT2D eigenvalue weighted by Crippen LogP contribution is -2.50. The molecule has 0 aliphatic carbocycles. The fraction of sp³-hybridized carbons (Fsp3) is 0.533. The topological polar surface area (TPSA) is 84.6 Å². The number of aliphatic hydroxyl groups is 1. The van der Waals surface area contributed by atoms with Crippen molar-refractivity contribution in [3.8, 4) is 5.75 Å². The normalized spacial score (nSPS) is 11.2. The average molecular weight is 280 g/mol. The van der Waals surface area contributed by atoms with Crippen molar-refractivity contribution in [3.05, 3.63) is 24.3 Å². The number of carbonyl (C=O) groups is 1. The molecular formula is C15H24N2O3. The number of nitrogens with two attached hydrogens (primary N) is 1. The second-order valence-corrected chi connectivity index (χ2v) is 4.86. The van der Waals surface area contributed by atoms with E-state index in [0.29, 0.717) is 30.9 Å². The van der Waals surface area contributed by atoms with Crippen LogP contribution in [0.15, 0.2) is 24.3 Å². The van der Waals surface area contributed by atoms with E-state index in [1.54, 1.807) is 24.3 Å². The van der Waals surface area contributed by atoms with Crippen LogP contribution >= 0.6 is 0 Å². The van der Waals surface area contributed by atoms with Crippen LogP contribution in [0.2, 0.25) is 0 Å². The Morgan fingerprint density at radius 1 is 1.30 bits per heavy atom. The highest BCUT2D eigenvalue weighted by Gasteiger charge is 2.26. The zero-order valence-electron chi connectivity index (χ0n) is 12.2. The number of nitrogens with one attached hydrogen (secondary N) is 1. The summed E-state index contributed by atoms with van der Waals surface area (Å²) in [5, 5.41) is 12.3. The van der Waals surface area contributed by atoms with E-state index in [2.05, 4.69) is 5.32 Å². The maximum atomic E-state index is 11.9. The van der Waals surface area contributed by atoms with Gasteiger partial charge in [-0.25, -0.2) is 0 Å². The van der Waals surface area contributed by atoms with Crippen molar-refractivity contribution >= 4 is 11.6 Å². The minimum absolute atomic E-state index is 0.0510. The molecule has 1 aromatic carbocycles. The molecule has 1 aromatic rings. The van der Waals surface area contributed by atoms with Crippen LogP contribution in [-0.2, 0) is 4.79 Å². The molecule has 0 atom stereocenters. The summed E-state index contributed by atoms with van der Waals surface area (Å²) in [6.45, 7) is 4.14. The molecule has 0 unspecified atom stereocenters. The van der Waals surface area contributed by atoms with E-state index in [1.165, 1.54) is 0 Å². The quantitative estimate of drug-likeness (QED) is 0.633. The lowest BCUT2D eigenvalue weighted by molar-refractivity contribution is -0.124. The number of hydrogen-bond donors (Lipinski definition) is 3. The van der Waals surface area contributed by atoms with Gasteiger partial charge in [0.05, 0.1) is 25.2 Å². The molecule has 1 amide bonds. The molecule has 20 heavy (non-hydrogen) atoms. The first-order chi connectivity index (χ1) is 9.55. The van der Waals surface area contributed by atoms with Gasteiger partial charge in [0.25, 0.3) is 0 Å². The summed E-state index contributed by atoms with van der Waals surface area (Å²) in [6, 6.07) is 7.04. The number of nitrogen functional groups attached to an aromatic ring is 1. The molecule has 0 saturated heterocycles. The Morgan fingerprint density at radius 3 is 2.40 bits per heavy atom. The van der Waals surface area contributed by atoms with E-state index >= 15 is 0 Å². The molecule has 0 bridgehead atoms. The number of aliphatic hydroxyl groups excluding tert-OH is 1. The fourth-order valence-corrected chi connectivity index (χ4v) is 1.87. The summed E-state index contributed by atoms with van der Waals surface area (Å²) >= 11 is 0. The molecule has 0 aromatic heterocycles. The minimum Gasteiger partial charge on any atom is -0.493 e. The summed E-state index contributed by atoms with van der Waals surface area (Å²) in [6.07, 6.45) is 1.65. The molecule has 0 saturated carbocycles. The largest absolute Gasteiger partial charge is 0.493 e. The van der Waals surface area contributed by atoms with E-state index in [0.717, 1.165) is 0 Å². The third-order valence-corrected chi connectivity index (χ3v) is 3.54. The summed E-state index contributed by atoms with van der Waals surface area (Å²) in [5.74, 6) is 0.574. The SMILES string of the molecule is CCC(CC)(CO)NC(=O)CCOc1ccc(N)cc1. The van der Waals surface area contributed by atoms with Crippen LogP contribution in [0.1, 0.15) is 33.1 Å². The van der Waals surface area contributed by atoms with Crippen LogP contribution in [0.5, 0.6) is 5.75 Å². The standard InChI is InChI=1S/C15H24N2O3/c1-3-15(4-2,11-18)17-14(19)9-10-20-13-7-5-12(16)6-8-13/h5-8,18H,3-4,9-11,16H2,1-2H3,(H,17,19). The Balaban J connectivity index is 2.38. The van der Waals surface area contributed by atoms with E-state index in [4.69, 9.17) is 10.5 Å². The maximum absolute atomic E-state index is 11.9. The van der Waals surface area contributed by atoms with Crippen LogP contribution in [0.25, 0.3) is 0 Å². The molecule has 0 heterocycles. The number of carbonyl (C=O) groups excluding carboxylic acids is 1. The van der Waals surface area contributed by atoms with Crippen molar-refractivity contribution in [1.82, 2.24) is 5.32 Å². The second-order valence-electron chi connectivity index (χ2n) is 4.86. The Kier molecular flexibility index (Phi) is 6.31. The molecule has 5 nitrogen and oxygen atoms in total. The van der Waals surface area contributed by atoms with E-state index < -0.39 is 5.54 Å². The van der Waals surface area contributed by atoms with Crippen LogP contribution in [0.3, 0.4) is 0 Å². The molecule has 0 fully saturated rings. The average Bonchev–Trinajstić information content (AvgIpc) is 2.47. The molecule has 0 aliphatic rings. The van der Waals surface area contributed by atoms with Crippen molar-refractivity contribution in [2.75, 3.05) is 18.9 Å². The van der Waals surface area contributed by atoms with Gasteiger partial charge in [0, 0.05) is 5.69 Å². The first-order valence-electron chi connectivity index (χ1n) is 6.95. The molecular weight excluding hydrogens is 256 g/mol. The number of amides is 1. The van der Waals surface area contributed by atoms with Gasteiger partial charge in [0.1, 0.15) is 5.75 Å². The highest BCUT2D eigenvalue weighted by atomic mass is 16.5. The summed E-state index contributed by atoms with van der Waals surface area (Å²) in [7, 11) is 0. The predicted octanol–water partition coefficient (Wildman–Crippen LogP) is 1.70. The Hall–Kier alpha value is -1.75. The number of ether oxygens (including phenoxy) is 1. The minimum atomic E-state index is -0.516. The van der Waals surface area contributed by atoms with Gasteiger partial charge in [0.2, 0.25) is 5.91 Å². The second kappa shape index (κ2) is 7.75. The van der Waals surface area contributed by atoms with Gasteiger partial charge in [-0.3, -0.25) is 4.79 Å². The van der Waals surface area contributed by atoms with Gasteiger partial charge in [-0.1, -0.05) is 13.8 Å².